The first-order valence-electron chi connectivity index (χ1n) is 11.2. The summed E-state index contributed by atoms with van der Waals surface area (Å²) in [6.07, 6.45) is 3.58. The maximum atomic E-state index is 13.0. The lowest BCUT2D eigenvalue weighted by Gasteiger charge is -2.30. The molecule has 1 saturated carbocycles. The molecular weight excluding hydrogens is 444 g/mol. The van der Waals surface area contributed by atoms with Crippen LogP contribution in [-0.2, 0) is 21.4 Å². The number of carbonyl (C=O) groups excluding carboxylic acids is 1. The van der Waals surface area contributed by atoms with Crippen molar-refractivity contribution >= 4 is 33.0 Å². The predicted molar refractivity (Wildman–Crippen MR) is 125 cm³/mol. The molecule has 1 aliphatic carbocycles. The molecule has 0 aromatic heterocycles. The van der Waals surface area contributed by atoms with Crippen LogP contribution >= 0.6 is 0 Å². The lowest BCUT2D eigenvalue weighted by Crippen LogP contribution is -2.39. The van der Waals surface area contributed by atoms with Crippen LogP contribution in [0.3, 0.4) is 0 Å². The number of sulfonamides is 1. The van der Waals surface area contributed by atoms with E-state index in [0.29, 0.717) is 18.8 Å². The number of nitrogens with one attached hydrogen (secondary N) is 2. The van der Waals surface area contributed by atoms with Crippen molar-refractivity contribution in [3.8, 4) is 0 Å². The number of hydrogen-bond acceptors (Lipinski definition) is 6. The molecule has 2 fully saturated rings. The van der Waals surface area contributed by atoms with Crippen molar-refractivity contribution in [3.05, 3.63) is 58.1 Å². The number of anilines is 2. The first-order valence-corrected chi connectivity index (χ1v) is 12.6. The Balaban J connectivity index is 1.49. The average Bonchev–Trinajstić information content (AvgIpc) is 3.63. The van der Waals surface area contributed by atoms with Gasteiger partial charge in [-0.3, -0.25) is 14.9 Å². The van der Waals surface area contributed by atoms with Crippen molar-refractivity contribution in [2.75, 3.05) is 23.7 Å². The number of amides is 1. The lowest BCUT2D eigenvalue weighted by atomic mass is 10.0. The molecular formula is C23H28N4O5S. The van der Waals surface area contributed by atoms with Crippen LogP contribution in [0.5, 0.6) is 0 Å². The number of nitro groups is 1. The van der Waals surface area contributed by atoms with Crippen molar-refractivity contribution in [3.63, 3.8) is 0 Å². The van der Waals surface area contributed by atoms with Gasteiger partial charge in [0.2, 0.25) is 15.9 Å². The van der Waals surface area contributed by atoms with Crippen LogP contribution in [-0.4, -0.2) is 36.6 Å². The van der Waals surface area contributed by atoms with E-state index in [-0.39, 0.29) is 40.6 Å². The third-order valence-corrected chi connectivity index (χ3v) is 7.91. The van der Waals surface area contributed by atoms with Gasteiger partial charge in [-0.25, -0.2) is 8.42 Å². The van der Waals surface area contributed by atoms with Gasteiger partial charge in [0.25, 0.3) is 5.69 Å². The Morgan fingerprint density at radius 1 is 1.18 bits per heavy atom. The van der Waals surface area contributed by atoms with Crippen LogP contribution in [0.2, 0.25) is 0 Å². The molecule has 33 heavy (non-hydrogen) atoms. The van der Waals surface area contributed by atoms with Gasteiger partial charge in [-0.05, 0) is 61.4 Å². The maximum Gasteiger partial charge on any atom is 0.293 e. The zero-order valence-electron chi connectivity index (χ0n) is 18.5. The normalized spacial score (nSPS) is 19.1. The molecule has 1 heterocycles. The highest BCUT2D eigenvalue weighted by Gasteiger charge is 2.31. The van der Waals surface area contributed by atoms with E-state index in [1.165, 1.54) is 16.4 Å². The minimum atomic E-state index is -3.79. The monoisotopic (exact) mass is 472 g/mol. The molecule has 0 radical (unpaired) electrons. The third-order valence-electron chi connectivity index (χ3n) is 6.05. The molecule has 2 aliphatic rings. The summed E-state index contributed by atoms with van der Waals surface area (Å²) in [6, 6.07) is 11.3. The SMILES string of the molecule is CC1CCCN(S(=O)(=O)c2ccc(NCc3cccc(NC(=O)C4CC4)c3)c([N+](=O)[O-])c2)C1. The molecule has 4 rings (SSSR count). The number of piperidine rings is 1. The summed E-state index contributed by atoms with van der Waals surface area (Å²) in [7, 11) is -3.79. The summed E-state index contributed by atoms with van der Waals surface area (Å²) in [4.78, 5) is 23.0. The molecule has 0 spiro atoms. The van der Waals surface area contributed by atoms with Crippen LogP contribution < -0.4 is 10.6 Å². The standard InChI is InChI=1S/C23H28N4O5S/c1-16-4-3-11-26(15-16)33(31,32)20-9-10-21(22(13-20)27(29)30)24-14-17-5-2-6-19(12-17)25-23(28)18-7-8-18/h2,5-6,9-10,12-13,16,18,24H,3-4,7-8,11,14-15H2,1H3,(H,25,28). The molecule has 10 heteroatoms. The zero-order valence-corrected chi connectivity index (χ0v) is 19.3. The molecule has 1 unspecified atom stereocenters. The highest BCUT2D eigenvalue weighted by Crippen LogP contribution is 2.32. The van der Waals surface area contributed by atoms with E-state index in [0.717, 1.165) is 37.3 Å². The number of carbonyl (C=O) groups is 1. The fourth-order valence-electron chi connectivity index (χ4n) is 4.03. The number of nitrogens with zero attached hydrogens (tertiary/aromatic N) is 2. The van der Waals surface area contributed by atoms with Crippen molar-refractivity contribution in [2.24, 2.45) is 11.8 Å². The Morgan fingerprint density at radius 2 is 1.97 bits per heavy atom. The summed E-state index contributed by atoms with van der Waals surface area (Å²) >= 11 is 0. The summed E-state index contributed by atoms with van der Waals surface area (Å²) in [5.41, 5.74) is 1.45. The van der Waals surface area contributed by atoms with Gasteiger partial charge in [-0.1, -0.05) is 19.1 Å². The molecule has 176 valence electrons. The molecule has 1 saturated heterocycles. The topological polar surface area (TPSA) is 122 Å². The number of hydrogen-bond donors (Lipinski definition) is 2. The minimum absolute atomic E-state index is 0.00986. The molecule has 1 aliphatic heterocycles. The van der Waals surface area contributed by atoms with Gasteiger partial charge in [0.1, 0.15) is 5.69 Å². The molecule has 2 aromatic rings. The largest absolute Gasteiger partial charge is 0.375 e. The summed E-state index contributed by atoms with van der Waals surface area (Å²) in [5, 5.41) is 17.6. The highest BCUT2D eigenvalue weighted by atomic mass is 32.2. The smallest absolute Gasteiger partial charge is 0.293 e. The van der Waals surface area contributed by atoms with Gasteiger partial charge >= 0.3 is 0 Å². The summed E-state index contributed by atoms with van der Waals surface area (Å²) in [6.45, 7) is 3.13. The Hall–Kier alpha value is -2.98. The summed E-state index contributed by atoms with van der Waals surface area (Å²) in [5.74, 6) is 0.363. The Morgan fingerprint density at radius 3 is 2.67 bits per heavy atom. The van der Waals surface area contributed by atoms with E-state index in [9.17, 15) is 23.3 Å². The Bertz CT molecular complexity index is 1160. The van der Waals surface area contributed by atoms with Gasteiger partial charge in [0.05, 0.1) is 9.82 Å². The quantitative estimate of drug-likeness (QED) is 0.443. The van der Waals surface area contributed by atoms with Crippen molar-refractivity contribution in [1.29, 1.82) is 0 Å². The van der Waals surface area contributed by atoms with E-state index in [4.69, 9.17) is 0 Å². The fraction of sp³-hybridized carbons (Fsp3) is 0.435. The second-order valence-corrected chi connectivity index (χ2v) is 10.8. The first-order chi connectivity index (χ1) is 15.7. The van der Waals surface area contributed by atoms with E-state index in [1.54, 1.807) is 6.07 Å². The third kappa shape index (κ3) is 5.51. The second kappa shape index (κ2) is 9.48. The zero-order chi connectivity index (χ0) is 23.6. The minimum Gasteiger partial charge on any atom is -0.375 e. The molecule has 2 N–H and O–H groups in total. The first kappa shape index (κ1) is 23.2. The number of benzene rings is 2. The van der Waals surface area contributed by atoms with Crippen LogP contribution in [0.15, 0.2) is 47.4 Å². The van der Waals surface area contributed by atoms with Gasteiger partial charge in [0, 0.05) is 37.3 Å². The fourth-order valence-corrected chi connectivity index (χ4v) is 5.65. The van der Waals surface area contributed by atoms with E-state index >= 15 is 0 Å². The number of nitro benzene ring substituents is 1. The highest BCUT2D eigenvalue weighted by molar-refractivity contribution is 7.89. The molecule has 1 amide bonds. The Labute approximate surface area is 193 Å². The lowest BCUT2D eigenvalue weighted by molar-refractivity contribution is -0.384. The van der Waals surface area contributed by atoms with Crippen LogP contribution in [0, 0.1) is 22.0 Å². The van der Waals surface area contributed by atoms with E-state index in [2.05, 4.69) is 10.6 Å². The van der Waals surface area contributed by atoms with Crippen LogP contribution in [0.1, 0.15) is 38.2 Å². The molecule has 1 atom stereocenters. The van der Waals surface area contributed by atoms with Crippen LogP contribution in [0.4, 0.5) is 17.1 Å². The van der Waals surface area contributed by atoms with Gasteiger partial charge in [-0.2, -0.15) is 4.31 Å². The second-order valence-electron chi connectivity index (χ2n) is 8.86. The van der Waals surface area contributed by atoms with E-state index in [1.807, 2.05) is 25.1 Å². The number of rotatable bonds is 8. The van der Waals surface area contributed by atoms with Gasteiger partial charge < -0.3 is 10.6 Å². The van der Waals surface area contributed by atoms with Crippen molar-refractivity contribution in [2.45, 2.75) is 44.0 Å². The van der Waals surface area contributed by atoms with Crippen LogP contribution in [0.25, 0.3) is 0 Å². The van der Waals surface area contributed by atoms with Crippen molar-refractivity contribution in [1.82, 2.24) is 4.31 Å². The maximum absolute atomic E-state index is 13.0. The average molecular weight is 473 g/mol. The van der Waals surface area contributed by atoms with Crippen molar-refractivity contribution < 1.29 is 18.1 Å². The molecule has 2 aromatic carbocycles. The Kier molecular flexibility index (Phi) is 6.66. The molecule has 9 nitrogen and oxygen atoms in total. The van der Waals surface area contributed by atoms with E-state index < -0.39 is 14.9 Å². The van der Waals surface area contributed by atoms with Gasteiger partial charge in [0.15, 0.2) is 0 Å². The van der Waals surface area contributed by atoms with Gasteiger partial charge in [-0.15, -0.1) is 0 Å². The predicted octanol–water partition coefficient (Wildman–Crippen LogP) is 3.98. The summed E-state index contributed by atoms with van der Waals surface area (Å²) < 4.78 is 27.5. The molecule has 0 bridgehead atoms.